The summed E-state index contributed by atoms with van der Waals surface area (Å²) in [5.74, 6) is 0.378. The van der Waals surface area contributed by atoms with Gasteiger partial charge < -0.3 is 4.90 Å². The van der Waals surface area contributed by atoms with Gasteiger partial charge in [0.05, 0.1) is 22.2 Å². The van der Waals surface area contributed by atoms with Crippen LogP contribution >= 0.6 is 38.5 Å². The highest BCUT2D eigenvalue weighted by Crippen LogP contribution is 2.38. The van der Waals surface area contributed by atoms with Crippen LogP contribution in [-0.4, -0.2) is 22.5 Å². The molecule has 1 amide bonds. The molecule has 1 aliphatic rings. The lowest BCUT2D eigenvalue weighted by molar-refractivity contribution is -0.112. The molecule has 0 saturated heterocycles. The molecule has 0 fully saturated rings. The predicted molar refractivity (Wildman–Crippen MR) is 120 cm³/mol. The van der Waals surface area contributed by atoms with Crippen LogP contribution in [0.25, 0.3) is 22.6 Å². The fraction of sp³-hybridized carbons (Fsp3) is 0.150. The molecular formula is C20H15BrIN3O2. The summed E-state index contributed by atoms with van der Waals surface area (Å²) in [5.41, 5.74) is 2.74. The Morgan fingerprint density at radius 1 is 1.19 bits per heavy atom. The van der Waals surface area contributed by atoms with Crippen molar-refractivity contribution in [3.05, 3.63) is 66.2 Å². The summed E-state index contributed by atoms with van der Waals surface area (Å²) in [6.07, 6.45) is 1.72. The molecule has 0 N–H and O–H groups in total. The van der Waals surface area contributed by atoms with Crippen LogP contribution in [0, 0.1) is 3.57 Å². The zero-order valence-electron chi connectivity index (χ0n) is 14.7. The average molecular weight is 536 g/mol. The van der Waals surface area contributed by atoms with Crippen molar-refractivity contribution in [1.82, 2.24) is 9.55 Å². The third-order valence-corrected chi connectivity index (χ3v) is 5.84. The summed E-state index contributed by atoms with van der Waals surface area (Å²) in [4.78, 5) is 32.0. The van der Waals surface area contributed by atoms with Crippen molar-refractivity contribution >= 4 is 72.7 Å². The summed E-state index contributed by atoms with van der Waals surface area (Å²) >= 11 is 5.65. The molecule has 3 aromatic rings. The molecule has 27 heavy (non-hydrogen) atoms. The monoisotopic (exact) mass is 535 g/mol. The van der Waals surface area contributed by atoms with Gasteiger partial charge in [-0.15, -0.1) is 0 Å². The Labute approximate surface area is 178 Å². The Morgan fingerprint density at radius 3 is 2.70 bits per heavy atom. The molecule has 0 aliphatic carbocycles. The van der Waals surface area contributed by atoms with Gasteiger partial charge >= 0.3 is 0 Å². The molecule has 1 aliphatic heterocycles. The van der Waals surface area contributed by atoms with Gasteiger partial charge in [0.1, 0.15) is 5.82 Å². The fourth-order valence-corrected chi connectivity index (χ4v) is 4.17. The number of carbonyl (C=O) groups excluding carboxylic acids is 1. The third-order valence-electron chi connectivity index (χ3n) is 4.68. The number of hydrogen-bond donors (Lipinski definition) is 0. The van der Waals surface area contributed by atoms with Crippen LogP contribution in [0.15, 0.2) is 45.7 Å². The van der Waals surface area contributed by atoms with Crippen molar-refractivity contribution < 1.29 is 4.79 Å². The summed E-state index contributed by atoms with van der Waals surface area (Å²) in [5, 5.41) is 0.587. The molecule has 4 rings (SSSR count). The van der Waals surface area contributed by atoms with Gasteiger partial charge in [0.15, 0.2) is 0 Å². The van der Waals surface area contributed by atoms with Crippen LogP contribution in [0.1, 0.15) is 18.3 Å². The molecule has 0 saturated carbocycles. The van der Waals surface area contributed by atoms with E-state index in [4.69, 9.17) is 0 Å². The van der Waals surface area contributed by atoms with Crippen LogP contribution in [0.5, 0.6) is 0 Å². The van der Waals surface area contributed by atoms with E-state index in [2.05, 4.69) is 43.5 Å². The van der Waals surface area contributed by atoms with Crippen molar-refractivity contribution in [2.24, 2.45) is 0 Å². The van der Waals surface area contributed by atoms with E-state index in [0.29, 0.717) is 28.8 Å². The number of hydrogen-bond acceptors (Lipinski definition) is 3. The predicted octanol–water partition coefficient (Wildman–Crippen LogP) is 4.30. The number of halogens is 2. The quantitative estimate of drug-likeness (QED) is 0.363. The van der Waals surface area contributed by atoms with Crippen molar-refractivity contribution in [3.8, 4) is 0 Å². The number of nitrogens with zero attached hydrogens (tertiary/aromatic N) is 3. The minimum absolute atomic E-state index is 0.0962. The number of carbonyl (C=O) groups is 1. The maximum atomic E-state index is 12.9. The lowest BCUT2D eigenvalue weighted by atomic mass is 10.1. The number of fused-ring (bicyclic) bond motifs is 2. The summed E-state index contributed by atoms with van der Waals surface area (Å²) in [6.45, 7) is 2.37. The topological polar surface area (TPSA) is 55.2 Å². The Hall–Kier alpha value is -2.00. The first kappa shape index (κ1) is 18.4. The molecular weight excluding hydrogens is 521 g/mol. The zero-order valence-corrected chi connectivity index (χ0v) is 18.4. The standard InChI is InChI=1S/C20H15BrIN3O2/c1-3-25-18(23-16-6-5-12(22)9-15(16)20(25)27)10-14-13-8-11(21)4-7-17(13)24(2)19(14)26/h4-10H,3H2,1-2H3/b14-10-. The van der Waals surface area contributed by atoms with Crippen LogP contribution in [0.3, 0.4) is 0 Å². The highest BCUT2D eigenvalue weighted by molar-refractivity contribution is 14.1. The van der Waals surface area contributed by atoms with E-state index in [-0.39, 0.29) is 11.5 Å². The fourth-order valence-electron chi connectivity index (χ4n) is 3.32. The lowest BCUT2D eigenvalue weighted by Crippen LogP contribution is -2.24. The minimum Gasteiger partial charge on any atom is -0.311 e. The maximum Gasteiger partial charge on any atom is 0.261 e. The second kappa shape index (κ2) is 6.87. The van der Waals surface area contributed by atoms with Crippen molar-refractivity contribution in [3.63, 3.8) is 0 Å². The summed E-state index contributed by atoms with van der Waals surface area (Å²) in [6, 6.07) is 11.3. The second-order valence-electron chi connectivity index (χ2n) is 6.26. The molecule has 5 nitrogen and oxygen atoms in total. The molecule has 0 spiro atoms. The van der Waals surface area contributed by atoms with Crippen LogP contribution in [0.4, 0.5) is 5.69 Å². The molecule has 7 heteroatoms. The van der Waals surface area contributed by atoms with Crippen LogP contribution < -0.4 is 10.5 Å². The van der Waals surface area contributed by atoms with E-state index in [1.165, 1.54) is 0 Å². The molecule has 2 heterocycles. The lowest BCUT2D eigenvalue weighted by Gasteiger charge is -2.10. The largest absolute Gasteiger partial charge is 0.311 e. The van der Waals surface area contributed by atoms with E-state index in [9.17, 15) is 9.59 Å². The molecule has 0 unspecified atom stereocenters. The number of benzene rings is 2. The third kappa shape index (κ3) is 3.02. The first-order valence-corrected chi connectivity index (χ1v) is 10.3. The smallest absolute Gasteiger partial charge is 0.261 e. The molecule has 136 valence electrons. The van der Waals surface area contributed by atoms with Crippen molar-refractivity contribution in [2.75, 3.05) is 11.9 Å². The summed E-state index contributed by atoms with van der Waals surface area (Å²) < 4.78 is 3.48. The van der Waals surface area contributed by atoms with Crippen LogP contribution in [0.2, 0.25) is 0 Å². The Morgan fingerprint density at radius 2 is 1.96 bits per heavy atom. The van der Waals surface area contributed by atoms with E-state index in [1.807, 2.05) is 43.3 Å². The van der Waals surface area contributed by atoms with Gasteiger partial charge in [-0.25, -0.2) is 4.98 Å². The Kier molecular flexibility index (Phi) is 4.67. The normalized spacial score (nSPS) is 15.0. The first-order valence-electron chi connectivity index (χ1n) is 8.40. The number of amides is 1. The Bertz CT molecular complexity index is 1200. The highest BCUT2D eigenvalue weighted by Gasteiger charge is 2.30. The van der Waals surface area contributed by atoms with Crippen LogP contribution in [-0.2, 0) is 11.3 Å². The van der Waals surface area contributed by atoms with Gasteiger partial charge in [0.25, 0.3) is 11.5 Å². The van der Waals surface area contributed by atoms with E-state index in [0.717, 1.165) is 19.3 Å². The molecule has 0 atom stereocenters. The van der Waals surface area contributed by atoms with E-state index >= 15 is 0 Å². The van der Waals surface area contributed by atoms with Gasteiger partial charge in [-0.3, -0.25) is 14.2 Å². The zero-order chi connectivity index (χ0) is 19.3. The number of likely N-dealkylation sites (N-methyl/N-ethyl adjacent to an activating group) is 1. The number of aromatic nitrogens is 2. The van der Waals surface area contributed by atoms with Crippen molar-refractivity contribution in [1.29, 1.82) is 0 Å². The van der Waals surface area contributed by atoms with E-state index in [1.54, 1.807) is 22.6 Å². The maximum absolute atomic E-state index is 12.9. The molecule has 0 bridgehead atoms. The van der Waals surface area contributed by atoms with Gasteiger partial charge in [-0.2, -0.15) is 0 Å². The first-order chi connectivity index (χ1) is 12.9. The second-order valence-corrected chi connectivity index (χ2v) is 8.43. The minimum atomic E-state index is -0.109. The van der Waals surface area contributed by atoms with Gasteiger partial charge in [-0.1, -0.05) is 15.9 Å². The van der Waals surface area contributed by atoms with Gasteiger partial charge in [0, 0.05) is 27.2 Å². The number of anilines is 1. The molecule has 2 aromatic carbocycles. The summed E-state index contributed by atoms with van der Waals surface area (Å²) in [7, 11) is 1.75. The number of rotatable bonds is 2. The van der Waals surface area contributed by atoms with Gasteiger partial charge in [-0.05, 0) is 72.0 Å². The van der Waals surface area contributed by atoms with Gasteiger partial charge in [0.2, 0.25) is 0 Å². The molecule has 0 radical (unpaired) electrons. The SMILES string of the molecule is CCn1c(/C=C2\C(=O)N(C)c3ccc(Br)cc32)nc2ccc(I)cc2c1=O. The van der Waals surface area contributed by atoms with Crippen molar-refractivity contribution in [2.45, 2.75) is 13.5 Å². The molecule has 1 aromatic heterocycles. The Balaban J connectivity index is 1.99. The average Bonchev–Trinajstić information content (AvgIpc) is 2.87. The highest BCUT2D eigenvalue weighted by atomic mass is 127. The van der Waals surface area contributed by atoms with E-state index < -0.39 is 0 Å².